The van der Waals surface area contributed by atoms with Crippen LogP contribution >= 0.6 is 0 Å². The third-order valence-corrected chi connectivity index (χ3v) is 3.52. The molecule has 0 bridgehead atoms. The van der Waals surface area contributed by atoms with Crippen molar-refractivity contribution >= 4 is 17.4 Å². The SMILES string of the molecule is CCN(CC)C(=O)c1cc(Nc2ccccc2C)nc(C)n1. The monoisotopic (exact) mass is 298 g/mol. The van der Waals surface area contributed by atoms with Crippen LogP contribution in [0.1, 0.15) is 35.7 Å². The topological polar surface area (TPSA) is 58.1 Å². The number of nitrogens with one attached hydrogen (secondary N) is 1. The van der Waals surface area contributed by atoms with E-state index in [4.69, 9.17) is 0 Å². The summed E-state index contributed by atoms with van der Waals surface area (Å²) in [6, 6.07) is 9.67. The van der Waals surface area contributed by atoms with Gasteiger partial charge in [-0.2, -0.15) is 0 Å². The number of amides is 1. The smallest absolute Gasteiger partial charge is 0.272 e. The Labute approximate surface area is 131 Å². The fraction of sp³-hybridized carbons (Fsp3) is 0.353. The van der Waals surface area contributed by atoms with Crippen LogP contribution in [0.15, 0.2) is 30.3 Å². The number of hydrogen-bond donors (Lipinski definition) is 1. The Bertz CT molecular complexity index is 665. The lowest BCUT2D eigenvalue weighted by molar-refractivity contribution is 0.0766. The van der Waals surface area contributed by atoms with Crippen molar-refractivity contribution in [3.05, 3.63) is 47.4 Å². The molecule has 0 aliphatic rings. The minimum absolute atomic E-state index is 0.0664. The van der Waals surface area contributed by atoms with E-state index in [1.165, 1.54) is 0 Å². The lowest BCUT2D eigenvalue weighted by atomic mass is 10.2. The first-order valence-electron chi connectivity index (χ1n) is 7.52. The van der Waals surface area contributed by atoms with Crippen LogP contribution < -0.4 is 5.32 Å². The molecule has 0 unspecified atom stereocenters. The molecule has 1 N–H and O–H groups in total. The highest BCUT2D eigenvalue weighted by atomic mass is 16.2. The normalized spacial score (nSPS) is 10.4. The van der Waals surface area contributed by atoms with Gasteiger partial charge < -0.3 is 10.2 Å². The third-order valence-electron chi connectivity index (χ3n) is 3.52. The fourth-order valence-corrected chi connectivity index (χ4v) is 2.27. The number of rotatable bonds is 5. The highest BCUT2D eigenvalue weighted by Gasteiger charge is 2.16. The zero-order valence-electron chi connectivity index (χ0n) is 13.6. The van der Waals surface area contributed by atoms with Gasteiger partial charge in [0, 0.05) is 24.8 Å². The molecule has 116 valence electrons. The quantitative estimate of drug-likeness (QED) is 0.920. The molecule has 2 rings (SSSR count). The van der Waals surface area contributed by atoms with Crippen molar-refractivity contribution < 1.29 is 4.79 Å². The summed E-state index contributed by atoms with van der Waals surface area (Å²) < 4.78 is 0. The standard InChI is InChI=1S/C17H22N4O/c1-5-21(6-2)17(22)15-11-16(19-13(4)18-15)20-14-10-8-7-9-12(14)3/h7-11H,5-6H2,1-4H3,(H,18,19,20). The van der Waals surface area contributed by atoms with E-state index >= 15 is 0 Å². The number of anilines is 2. The molecule has 1 aromatic carbocycles. The van der Waals surface area contributed by atoms with Crippen LogP contribution in [0.3, 0.4) is 0 Å². The number of benzene rings is 1. The summed E-state index contributed by atoms with van der Waals surface area (Å²) in [6.45, 7) is 9.07. The summed E-state index contributed by atoms with van der Waals surface area (Å²) >= 11 is 0. The molecule has 1 heterocycles. The molecular weight excluding hydrogens is 276 g/mol. The molecule has 0 saturated heterocycles. The Morgan fingerprint density at radius 3 is 2.45 bits per heavy atom. The fourth-order valence-electron chi connectivity index (χ4n) is 2.27. The highest BCUT2D eigenvalue weighted by molar-refractivity contribution is 5.93. The van der Waals surface area contributed by atoms with E-state index in [-0.39, 0.29) is 5.91 Å². The summed E-state index contributed by atoms with van der Waals surface area (Å²) in [7, 11) is 0. The predicted octanol–water partition coefficient (Wildman–Crippen LogP) is 3.32. The van der Waals surface area contributed by atoms with E-state index in [1.807, 2.05) is 45.0 Å². The van der Waals surface area contributed by atoms with Crippen LogP contribution in [-0.2, 0) is 0 Å². The first-order valence-corrected chi connectivity index (χ1v) is 7.52. The molecule has 0 aliphatic heterocycles. The minimum Gasteiger partial charge on any atom is -0.340 e. The van der Waals surface area contributed by atoms with Gasteiger partial charge in [0.15, 0.2) is 0 Å². The molecule has 0 fully saturated rings. The van der Waals surface area contributed by atoms with Crippen molar-refractivity contribution in [2.45, 2.75) is 27.7 Å². The molecular formula is C17H22N4O. The number of aromatic nitrogens is 2. The number of para-hydroxylation sites is 1. The van der Waals surface area contributed by atoms with Gasteiger partial charge in [-0.25, -0.2) is 9.97 Å². The van der Waals surface area contributed by atoms with Gasteiger partial charge in [0.1, 0.15) is 17.3 Å². The molecule has 0 aliphatic carbocycles. The molecule has 5 nitrogen and oxygen atoms in total. The van der Waals surface area contributed by atoms with E-state index < -0.39 is 0 Å². The maximum atomic E-state index is 12.4. The number of carbonyl (C=O) groups is 1. The first kappa shape index (κ1) is 15.9. The molecule has 1 aromatic heterocycles. The summed E-state index contributed by atoms with van der Waals surface area (Å²) in [5.74, 6) is 1.15. The van der Waals surface area contributed by atoms with Crippen LogP contribution in [0.4, 0.5) is 11.5 Å². The average Bonchev–Trinajstić information content (AvgIpc) is 2.50. The molecule has 0 saturated carbocycles. The maximum absolute atomic E-state index is 12.4. The number of aryl methyl sites for hydroxylation is 2. The number of carbonyl (C=O) groups excluding carboxylic acids is 1. The first-order chi connectivity index (χ1) is 10.5. The van der Waals surface area contributed by atoms with Crippen LogP contribution in [0, 0.1) is 13.8 Å². The second-order valence-corrected chi connectivity index (χ2v) is 5.10. The Balaban J connectivity index is 2.31. The Morgan fingerprint density at radius 2 is 1.82 bits per heavy atom. The van der Waals surface area contributed by atoms with Gasteiger partial charge in [-0.05, 0) is 39.3 Å². The zero-order chi connectivity index (χ0) is 16.1. The van der Waals surface area contributed by atoms with Gasteiger partial charge in [-0.3, -0.25) is 4.79 Å². The molecule has 0 radical (unpaired) electrons. The predicted molar refractivity (Wildman–Crippen MR) is 88.5 cm³/mol. The van der Waals surface area contributed by atoms with Gasteiger partial charge in [-0.1, -0.05) is 18.2 Å². The van der Waals surface area contributed by atoms with Crippen LogP contribution in [0.25, 0.3) is 0 Å². The van der Waals surface area contributed by atoms with Gasteiger partial charge in [0.25, 0.3) is 5.91 Å². The second-order valence-electron chi connectivity index (χ2n) is 5.10. The average molecular weight is 298 g/mol. The van der Waals surface area contributed by atoms with E-state index in [0.29, 0.717) is 30.4 Å². The Hall–Kier alpha value is -2.43. The van der Waals surface area contributed by atoms with E-state index in [0.717, 1.165) is 11.3 Å². The van der Waals surface area contributed by atoms with Gasteiger partial charge >= 0.3 is 0 Å². The van der Waals surface area contributed by atoms with Crippen molar-refractivity contribution in [1.82, 2.24) is 14.9 Å². The molecule has 0 spiro atoms. The summed E-state index contributed by atoms with van der Waals surface area (Å²) in [5.41, 5.74) is 2.52. The molecule has 2 aromatic rings. The molecule has 1 amide bonds. The molecule has 5 heteroatoms. The third kappa shape index (κ3) is 3.61. The van der Waals surface area contributed by atoms with Crippen LogP contribution in [0.2, 0.25) is 0 Å². The van der Waals surface area contributed by atoms with E-state index in [1.54, 1.807) is 17.9 Å². The summed E-state index contributed by atoms with van der Waals surface area (Å²) in [6.07, 6.45) is 0. The van der Waals surface area contributed by atoms with E-state index in [9.17, 15) is 4.79 Å². The highest BCUT2D eigenvalue weighted by Crippen LogP contribution is 2.19. The van der Waals surface area contributed by atoms with Gasteiger partial charge in [-0.15, -0.1) is 0 Å². The number of hydrogen-bond acceptors (Lipinski definition) is 4. The summed E-state index contributed by atoms with van der Waals surface area (Å²) in [4.78, 5) is 22.8. The largest absolute Gasteiger partial charge is 0.340 e. The lowest BCUT2D eigenvalue weighted by Gasteiger charge is -2.18. The summed E-state index contributed by atoms with van der Waals surface area (Å²) in [5, 5.41) is 3.26. The van der Waals surface area contributed by atoms with Crippen LogP contribution in [-0.4, -0.2) is 33.9 Å². The van der Waals surface area contributed by atoms with Crippen LogP contribution in [0.5, 0.6) is 0 Å². The number of nitrogens with zero attached hydrogens (tertiary/aromatic N) is 3. The van der Waals surface area contributed by atoms with E-state index in [2.05, 4.69) is 15.3 Å². The van der Waals surface area contributed by atoms with Gasteiger partial charge in [0.2, 0.25) is 0 Å². The lowest BCUT2D eigenvalue weighted by Crippen LogP contribution is -2.31. The zero-order valence-corrected chi connectivity index (χ0v) is 13.6. The minimum atomic E-state index is -0.0664. The van der Waals surface area contributed by atoms with Crippen molar-refractivity contribution in [3.63, 3.8) is 0 Å². The maximum Gasteiger partial charge on any atom is 0.272 e. The van der Waals surface area contributed by atoms with Crippen molar-refractivity contribution in [2.24, 2.45) is 0 Å². The van der Waals surface area contributed by atoms with Crippen molar-refractivity contribution in [1.29, 1.82) is 0 Å². The Morgan fingerprint density at radius 1 is 1.14 bits per heavy atom. The molecule has 0 atom stereocenters. The Kier molecular flexibility index (Phi) is 5.09. The van der Waals surface area contributed by atoms with Gasteiger partial charge in [0.05, 0.1) is 0 Å². The second kappa shape index (κ2) is 7.02. The molecule has 22 heavy (non-hydrogen) atoms. The van der Waals surface area contributed by atoms with Crippen molar-refractivity contribution in [3.8, 4) is 0 Å². The van der Waals surface area contributed by atoms with Crippen molar-refractivity contribution in [2.75, 3.05) is 18.4 Å².